The number of nitrogens with zero attached hydrogens (tertiary/aromatic N) is 2. The number of methoxy groups -OCH3 is 1. The Morgan fingerprint density at radius 3 is 2.89 bits per heavy atom. The average Bonchev–Trinajstić information content (AvgIpc) is 2.38. The molecule has 0 saturated carbocycles. The van der Waals surface area contributed by atoms with Crippen LogP contribution in [0.4, 0.5) is 0 Å². The van der Waals surface area contributed by atoms with E-state index < -0.39 is 0 Å². The van der Waals surface area contributed by atoms with Crippen LogP contribution in [0.25, 0.3) is 0 Å². The fourth-order valence-corrected chi connectivity index (χ4v) is 1.25. The van der Waals surface area contributed by atoms with Gasteiger partial charge in [0.05, 0.1) is 17.8 Å². The van der Waals surface area contributed by atoms with Crippen molar-refractivity contribution in [2.75, 3.05) is 13.7 Å². The van der Waals surface area contributed by atoms with Crippen molar-refractivity contribution in [3.8, 4) is 5.88 Å². The minimum atomic E-state index is -0.258. The Balaban J connectivity index is 2.68. The monoisotopic (exact) mass is 253 g/mol. The zero-order chi connectivity index (χ0) is 13.6. The lowest BCUT2D eigenvalue weighted by molar-refractivity contribution is 0.00506. The predicted molar refractivity (Wildman–Crippen MR) is 67.9 cm³/mol. The van der Waals surface area contributed by atoms with Crippen LogP contribution in [0.2, 0.25) is 0 Å². The van der Waals surface area contributed by atoms with E-state index in [4.69, 9.17) is 20.4 Å². The highest BCUT2D eigenvalue weighted by Crippen LogP contribution is 2.17. The molecule has 6 nitrogen and oxygen atoms in total. The highest BCUT2D eigenvalue weighted by molar-refractivity contribution is 5.98. The Morgan fingerprint density at radius 2 is 2.28 bits per heavy atom. The number of oxime groups is 1. The van der Waals surface area contributed by atoms with Gasteiger partial charge in [-0.2, -0.15) is 0 Å². The van der Waals surface area contributed by atoms with Gasteiger partial charge in [0.25, 0.3) is 0 Å². The largest absolute Gasteiger partial charge is 0.477 e. The summed E-state index contributed by atoms with van der Waals surface area (Å²) < 4.78 is 10.8. The summed E-state index contributed by atoms with van der Waals surface area (Å²) in [6.07, 6.45) is 2.29. The van der Waals surface area contributed by atoms with Gasteiger partial charge in [-0.25, -0.2) is 4.98 Å². The molecule has 0 spiro atoms. The number of aromatic nitrogens is 1. The van der Waals surface area contributed by atoms with E-state index in [1.807, 2.05) is 13.8 Å². The maximum absolute atomic E-state index is 8.67. The second kappa shape index (κ2) is 6.20. The van der Waals surface area contributed by atoms with Crippen molar-refractivity contribution in [1.82, 2.24) is 4.98 Å². The van der Waals surface area contributed by atoms with Crippen LogP contribution >= 0.6 is 0 Å². The number of hydrogen-bond donors (Lipinski definition) is 2. The molecule has 1 rings (SSSR count). The molecule has 6 heteroatoms. The maximum Gasteiger partial charge on any atom is 0.224 e. The van der Waals surface area contributed by atoms with Crippen LogP contribution in [0.5, 0.6) is 5.88 Å². The zero-order valence-corrected chi connectivity index (χ0v) is 10.9. The Hall–Kier alpha value is -1.82. The standard InChI is InChI=1S/C12H19N3O3/c1-12(2,17-3)6-8-18-11-9(10(13)15-16)5-4-7-14-11/h4-5,7,16H,6,8H2,1-3H3,(H2,13,15). The molecule has 0 atom stereocenters. The Bertz CT molecular complexity index is 419. The van der Waals surface area contributed by atoms with Crippen LogP contribution in [0.15, 0.2) is 23.5 Å². The van der Waals surface area contributed by atoms with E-state index >= 15 is 0 Å². The molecular weight excluding hydrogens is 234 g/mol. The SMILES string of the molecule is COC(C)(C)CCOc1ncccc1/C(N)=N/O. The van der Waals surface area contributed by atoms with E-state index in [1.54, 1.807) is 25.4 Å². The summed E-state index contributed by atoms with van der Waals surface area (Å²) in [5.74, 6) is 0.323. The van der Waals surface area contributed by atoms with Crippen LogP contribution in [-0.4, -0.2) is 35.3 Å². The Kier molecular flexibility index (Phi) is 4.91. The Labute approximate surface area is 106 Å². The number of rotatable bonds is 6. The quantitative estimate of drug-likeness (QED) is 0.346. The van der Waals surface area contributed by atoms with Crippen molar-refractivity contribution < 1.29 is 14.7 Å². The molecule has 0 fully saturated rings. The van der Waals surface area contributed by atoms with E-state index in [0.29, 0.717) is 24.5 Å². The van der Waals surface area contributed by atoms with Crippen molar-refractivity contribution in [3.63, 3.8) is 0 Å². The lowest BCUT2D eigenvalue weighted by Gasteiger charge is -2.22. The lowest BCUT2D eigenvalue weighted by atomic mass is 10.1. The van der Waals surface area contributed by atoms with Gasteiger partial charge in [-0.15, -0.1) is 0 Å². The van der Waals surface area contributed by atoms with Crippen LogP contribution in [0.1, 0.15) is 25.8 Å². The highest BCUT2D eigenvalue weighted by atomic mass is 16.5. The first-order valence-corrected chi connectivity index (χ1v) is 5.61. The maximum atomic E-state index is 8.67. The first kappa shape index (κ1) is 14.2. The van der Waals surface area contributed by atoms with Gasteiger partial charge in [0, 0.05) is 19.7 Å². The summed E-state index contributed by atoms with van der Waals surface area (Å²) in [7, 11) is 1.66. The van der Waals surface area contributed by atoms with Crippen molar-refractivity contribution in [1.29, 1.82) is 0 Å². The summed E-state index contributed by atoms with van der Waals surface area (Å²) in [6, 6.07) is 3.37. The third-order valence-corrected chi connectivity index (χ3v) is 2.65. The first-order valence-electron chi connectivity index (χ1n) is 5.61. The smallest absolute Gasteiger partial charge is 0.224 e. The van der Waals surface area contributed by atoms with Gasteiger partial charge in [0.2, 0.25) is 5.88 Å². The Morgan fingerprint density at radius 1 is 1.56 bits per heavy atom. The molecule has 0 aliphatic carbocycles. The van der Waals surface area contributed by atoms with Crippen molar-refractivity contribution >= 4 is 5.84 Å². The molecule has 1 heterocycles. The van der Waals surface area contributed by atoms with Crippen molar-refractivity contribution in [3.05, 3.63) is 23.9 Å². The van der Waals surface area contributed by atoms with Gasteiger partial charge >= 0.3 is 0 Å². The summed E-state index contributed by atoms with van der Waals surface area (Å²) in [4.78, 5) is 4.06. The molecule has 0 unspecified atom stereocenters. The van der Waals surface area contributed by atoms with E-state index in [1.165, 1.54) is 0 Å². The van der Waals surface area contributed by atoms with Gasteiger partial charge in [-0.1, -0.05) is 5.16 Å². The number of nitrogens with two attached hydrogens (primary N) is 1. The zero-order valence-electron chi connectivity index (χ0n) is 10.9. The molecule has 0 saturated heterocycles. The topological polar surface area (TPSA) is 90.0 Å². The van der Waals surface area contributed by atoms with Gasteiger partial charge < -0.3 is 20.4 Å². The molecule has 1 aromatic heterocycles. The van der Waals surface area contributed by atoms with Crippen molar-refractivity contribution in [2.45, 2.75) is 25.9 Å². The third-order valence-electron chi connectivity index (χ3n) is 2.65. The van der Waals surface area contributed by atoms with Crippen LogP contribution in [0.3, 0.4) is 0 Å². The van der Waals surface area contributed by atoms with Crippen molar-refractivity contribution in [2.24, 2.45) is 10.9 Å². The second-order valence-corrected chi connectivity index (χ2v) is 4.40. The molecule has 100 valence electrons. The molecular formula is C12H19N3O3. The number of hydrogen-bond acceptors (Lipinski definition) is 5. The van der Waals surface area contributed by atoms with E-state index in [-0.39, 0.29) is 11.4 Å². The molecule has 0 amide bonds. The molecule has 0 aromatic carbocycles. The van der Waals surface area contributed by atoms with Gasteiger partial charge in [-0.05, 0) is 26.0 Å². The predicted octanol–water partition coefficient (Wildman–Crippen LogP) is 1.37. The molecule has 0 aliphatic rings. The van der Waals surface area contributed by atoms with Crippen LogP contribution in [-0.2, 0) is 4.74 Å². The van der Waals surface area contributed by atoms with Gasteiger partial charge in [-0.3, -0.25) is 0 Å². The van der Waals surface area contributed by atoms with Crippen LogP contribution in [0, 0.1) is 0 Å². The minimum absolute atomic E-state index is 0.0240. The lowest BCUT2D eigenvalue weighted by Crippen LogP contribution is -2.25. The summed E-state index contributed by atoms with van der Waals surface area (Å²) >= 11 is 0. The molecule has 3 N–H and O–H groups in total. The normalized spacial score (nSPS) is 12.5. The fourth-order valence-electron chi connectivity index (χ4n) is 1.25. The number of pyridine rings is 1. The third kappa shape index (κ3) is 3.89. The van der Waals surface area contributed by atoms with Gasteiger partial charge in [0.15, 0.2) is 5.84 Å². The van der Waals surface area contributed by atoms with E-state index in [9.17, 15) is 0 Å². The molecule has 0 radical (unpaired) electrons. The van der Waals surface area contributed by atoms with E-state index in [2.05, 4.69) is 10.1 Å². The molecule has 0 bridgehead atoms. The molecule has 1 aromatic rings. The van der Waals surface area contributed by atoms with Crippen LogP contribution < -0.4 is 10.5 Å². The minimum Gasteiger partial charge on any atom is -0.477 e. The molecule has 18 heavy (non-hydrogen) atoms. The highest BCUT2D eigenvalue weighted by Gasteiger charge is 2.17. The number of ether oxygens (including phenoxy) is 2. The van der Waals surface area contributed by atoms with Gasteiger partial charge in [0.1, 0.15) is 0 Å². The first-order chi connectivity index (χ1) is 8.50. The number of amidine groups is 1. The summed E-state index contributed by atoms with van der Waals surface area (Å²) in [5.41, 5.74) is 5.74. The average molecular weight is 253 g/mol. The fraction of sp³-hybridized carbons (Fsp3) is 0.500. The summed E-state index contributed by atoms with van der Waals surface area (Å²) in [6.45, 7) is 4.38. The molecule has 0 aliphatic heterocycles. The second-order valence-electron chi connectivity index (χ2n) is 4.40. The van der Waals surface area contributed by atoms with E-state index in [0.717, 1.165) is 0 Å². The summed E-state index contributed by atoms with van der Waals surface area (Å²) in [5, 5.41) is 11.6.